The minimum atomic E-state index is -4.13. The van der Waals surface area contributed by atoms with Crippen LogP contribution >= 0.6 is 11.8 Å². The van der Waals surface area contributed by atoms with Gasteiger partial charge in [0.25, 0.3) is 0 Å². The van der Waals surface area contributed by atoms with E-state index in [9.17, 15) is 13.2 Å². The van der Waals surface area contributed by atoms with Crippen molar-refractivity contribution in [1.29, 1.82) is 0 Å². The van der Waals surface area contributed by atoms with Gasteiger partial charge in [-0.3, -0.25) is 0 Å². The number of hydrogen-bond donors (Lipinski definition) is 1. The summed E-state index contributed by atoms with van der Waals surface area (Å²) in [7, 11) is 0. The van der Waals surface area contributed by atoms with Crippen LogP contribution in [0.2, 0.25) is 0 Å². The first-order chi connectivity index (χ1) is 4.45. The lowest BCUT2D eigenvalue weighted by Crippen LogP contribution is -2.23. The van der Waals surface area contributed by atoms with Crippen LogP contribution in [0.3, 0.4) is 0 Å². The van der Waals surface area contributed by atoms with Crippen LogP contribution in [0.5, 0.6) is 0 Å². The molecular weight excluding hydrogens is 163 g/mol. The molecule has 1 unspecified atom stereocenters. The third-order valence-electron chi connectivity index (χ3n) is 0.985. The van der Waals surface area contributed by atoms with Crippen LogP contribution in [-0.4, -0.2) is 17.3 Å². The number of thioether (sulfide) groups is 1. The molecule has 0 aliphatic rings. The van der Waals surface area contributed by atoms with E-state index >= 15 is 0 Å². The van der Waals surface area contributed by atoms with Gasteiger partial charge in [-0.1, -0.05) is 6.92 Å². The molecule has 2 N–H and O–H groups in total. The van der Waals surface area contributed by atoms with Gasteiger partial charge in [0, 0.05) is 11.8 Å². The van der Waals surface area contributed by atoms with Crippen LogP contribution in [0.1, 0.15) is 13.3 Å². The zero-order valence-corrected chi connectivity index (χ0v) is 6.43. The molecule has 0 saturated carbocycles. The van der Waals surface area contributed by atoms with Crippen molar-refractivity contribution in [2.45, 2.75) is 24.9 Å². The Morgan fingerprint density at radius 3 is 2.30 bits per heavy atom. The SMILES string of the molecule is CCC(N)CSC(F)(F)F. The van der Waals surface area contributed by atoms with E-state index in [0.29, 0.717) is 6.42 Å². The Morgan fingerprint density at radius 2 is 2.00 bits per heavy atom. The molecule has 0 spiro atoms. The van der Waals surface area contributed by atoms with Gasteiger partial charge in [-0.05, 0) is 18.2 Å². The molecule has 62 valence electrons. The summed E-state index contributed by atoms with van der Waals surface area (Å²) in [6.45, 7) is 1.77. The van der Waals surface area contributed by atoms with Crippen LogP contribution in [-0.2, 0) is 0 Å². The molecule has 0 aromatic heterocycles. The second-order valence-corrected chi connectivity index (χ2v) is 3.01. The largest absolute Gasteiger partial charge is 0.441 e. The Hall–Kier alpha value is 0.100. The lowest BCUT2D eigenvalue weighted by atomic mass is 10.3. The van der Waals surface area contributed by atoms with Gasteiger partial charge in [-0.2, -0.15) is 13.2 Å². The topological polar surface area (TPSA) is 26.0 Å². The molecule has 0 fully saturated rings. The van der Waals surface area contributed by atoms with Gasteiger partial charge in [0.2, 0.25) is 0 Å². The van der Waals surface area contributed by atoms with Crippen molar-refractivity contribution >= 4 is 11.8 Å². The van der Waals surface area contributed by atoms with E-state index in [-0.39, 0.29) is 23.6 Å². The average Bonchev–Trinajstić information content (AvgIpc) is 1.81. The van der Waals surface area contributed by atoms with Gasteiger partial charge >= 0.3 is 5.51 Å². The highest BCUT2D eigenvalue weighted by atomic mass is 32.2. The quantitative estimate of drug-likeness (QED) is 0.706. The molecule has 0 rings (SSSR count). The standard InChI is InChI=1S/C5H10F3NS/c1-2-4(9)3-10-5(6,7)8/h4H,2-3,9H2,1H3. The fraction of sp³-hybridized carbons (Fsp3) is 1.00. The highest BCUT2D eigenvalue weighted by Crippen LogP contribution is 2.30. The summed E-state index contributed by atoms with van der Waals surface area (Å²) in [5, 5.41) is 0. The Balaban J connectivity index is 3.36. The molecular formula is C5H10F3NS. The molecule has 10 heavy (non-hydrogen) atoms. The van der Waals surface area contributed by atoms with Gasteiger partial charge in [-0.25, -0.2) is 0 Å². The molecule has 0 aliphatic carbocycles. The van der Waals surface area contributed by atoms with E-state index in [1.807, 2.05) is 0 Å². The van der Waals surface area contributed by atoms with Crippen molar-refractivity contribution < 1.29 is 13.2 Å². The highest BCUT2D eigenvalue weighted by molar-refractivity contribution is 8.00. The number of nitrogens with two attached hydrogens (primary N) is 1. The van der Waals surface area contributed by atoms with Crippen LogP contribution in [0.25, 0.3) is 0 Å². The minimum Gasteiger partial charge on any atom is -0.327 e. The van der Waals surface area contributed by atoms with Crippen LogP contribution < -0.4 is 5.73 Å². The second kappa shape index (κ2) is 4.08. The molecule has 0 bridgehead atoms. The average molecular weight is 173 g/mol. The molecule has 0 saturated heterocycles. The van der Waals surface area contributed by atoms with Gasteiger partial charge in [0.1, 0.15) is 0 Å². The van der Waals surface area contributed by atoms with E-state index in [0.717, 1.165) is 0 Å². The first kappa shape index (κ1) is 10.1. The number of halogens is 3. The van der Waals surface area contributed by atoms with Gasteiger partial charge < -0.3 is 5.73 Å². The Labute approximate surface area is 62.2 Å². The van der Waals surface area contributed by atoms with Crippen LogP contribution in [0.4, 0.5) is 13.2 Å². The Kier molecular flexibility index (Phi) is 4.12. The molecule has 0 aromatic rings. The van der Waals surface area contributed by atoms with E-state index in [4.69, 9.17) is 5.73 Å². The smallest absolute Gasteiger partial charge is 0.327 e. The van der Waals surface area contributed by atoms with Crippen molar-refractivity contribution in [3.05, 3.63) is 0 Å². The third-order valence-corrected chi connectivity index (χ3v) is 1.91. The number of hydrogen-bond acceptors (Lipinski definition) is 2. The fourth-order valence-corrected chi connectivity index (χ4v) is 0.958. The highest BCUT2D eigenvalue weighted by Gasteiger charge is 2.28. The second-order valence-electron chi connectivity index (χ2n) is 1.93. The lowest BCUT2D eigenvalue weighted by molar-refractivity contribution is -0.0328. The maximum atomic E-state index is 11.5. The normalized spacial score (nSPS) is 15.3. The molecule has 0 amide bonds. The molecule has 0 aromatic carbocycles. The molecule has 1 atom stereocenters. The summed E-state index contributed by atoms with van der Waals surface area (Å²) in [5.41, 5.74) is 1.13. The van der Waals surface area contributed by atoms with E-state index in [1.54, 1.807) is 6.92 Å². The zero-order chi connectivity index (χ0) is 8.20. The Morgan fingerprint density at radius 1 is 1.50 bits per heavy atom. The van der Waals surface area contributed by atoms with Crippen LogP contribution in [0, 0.1) is 0 Å². The zero-order valence-electron chi connectivity index (χ0n) is 5.61. The monoisotopic (exact) mass is 173 g/mol. The predicted octanol–water partition coefficient (Wildman–Crippen LogP) is 1.98. The maximum Gasteiger partial charge on any atom is 0.441 e. The minimum absolute atomic E-state index is 0.0417. The summed E-state index contributed by atoms with van der Waals surface area (Å²) in [6, 6.07) is -0.341. The third kappa shape index (κ3) is 6.22. The van der Waals surface area contributed by atoms with Crippen molar-refractivity contribution in [3.63, 3.8) is 0 Å². The summed E-state index contributed by atoms with van der Waals surface area (Å²) < 4.78 is 34.4. The van der Waals surface area contributed by atoms with Gasteiger partial charge in [-0.15, -0.1) is 0 Å². The van der Waals surface area contributed by atoms with Crippen molar-refractivity contribution in [2.75, 3.05) is 5.75 Å². The van der Waals surface area contributed by atoms with Crippen molar-refractivity contribution in [2.24, 2.45) is 5.73 Å². The van der Waals surface area contributed by atoms with E-state index < -0.39 is 5.51 Å². The number of rotatable bonds is 3. The molecule has 1 nitrogen and oxygen atoms in total. The summed E-state index contributed by atoms with van der Waals surface area (Å²) in [6.07, 6.45) is 0.586. The van der Waals surface area contributed by atoms with E-state index in [1.165, 1.54) is 0 Å². The molecule has 0 heterocycles. The summed E-state index contributed by atoms with van der Waals surface area (Å²) in [5.74, 6) is -0.0417. The summed E-state index contributed by atoms with van der Waals surface area (Å²) in [4.78, 5) is 0. The van der Waals surface area contributed by atoms with E-state index in [2.05, 4.69) is 0 Å². The van der Waals surface area contributed by atoms with Crippen LogP contribution in [0.15, 0.2) is 0 Å². The van der Waals surface area contributed by atoms with Crippen molar-refractivity contribution in [1.82, 2.24) is 0 Å². The summed E-state index contributed by atoms with van der Waals surface area (Å²) >= 11 is -0.0588. The van der Waals surface area contributed by atoms with Crippen molar-refractivity contribution in [3.8, 4) is 0 Å². The molecule has 0 radical (unpaired) electrons. The van der Waals surface area contributed by atoms with Gasteiger partial charge in [0.15, 0.2) is 0 Å². The first-order valence-electron chi connectivity index (χ1n) is 2.92. The maximum absolute atomic E-state index is 11.5. The lowest BCUT2D eigenvalue weighted by Gasteiger charge is -2.09. The predicted molar refractivity (Wildman–Crippen MR) is 36.8 cm³/mol. The molecule has 5 heteroatoms. The first-order valence-corrected chi connectivity index (χ1v) is 3.90. The number of alkyl halides is 3. The van der Waals surface area contributed by atoms with Gasteiger partial charge in [0.05, 0.1) is 0 Å². The fourth-order valence-electron chi connectivity index (χ4n) is 0.319. The molecule has 0 aliphatic heterocycles. The Bertz CT molecular complexity index is 93.4.